The van der Waals surface area contributed by atoms with Crippen LogP contribution >= 0.6 is 0 Å². The van der Waals surface area contributed by atoms with E-state index < -0.39 is 9.84 Å². The van der Waals surface area contributed by atoms with Crippen LogP contribution in [-0.4, -0.2) is 55.6 Å². The van der Waals surface area contributed by atoms with E-state index in [9.17, 15) is 13.2 Å². The summed E-state index contributed by atoms with van der Waals surface area (Å²) in [5, 5.41) is 3.61. The summed E-state index contributed by atoms with van der Waals surface area (Å²) in [4.78, 5) is 16.6. The number of aromatic nitrogens is 2. The maximum Gasteiger partial charge on any atom is 0.148 e. The van der Waals surface area contributed by atoms with Crippen molar-refractivity contribution in [3.63, 3.8) is 0 Å². The third-order valence-corrected chi connectivity index (χ3v) is 8.78. The summed E-state index contributed by atoms with van der Waals surface area (Å²) in [6.45, 7) is 4.98. The van der Waals surface area contributed by atoms with Crippen molar-refractivity contribution in [1.29, 1.82) is 0 Å². The minimum Gasteiger partial charge on any atom is -0.493 e. The van der Waals surface area contributed by atoms with E-state index in [0.717, 1.165) is 50.9 Å². The molecule has 0 saturated heterocycles. The highest BCUT2D eigenvalue weighted by Crippen LogP contribution is 2.43. The van der Waals surface area contributed by atoms with E-state index in [1.54, 1.807) is 6.92 Å². The number of hydrogen-bond donors (Lipinski definition) is 1. The van der Waals surface area contributed by atoms with Gasteiger partial charge in [0.25, 0.3) is 0 Å². The smallest absolute Gasteiger partial charge is 0.148 e. The largest absolute Gasteiger partial charge is 0.493 e. The monoisotopic (exact) mass is 589 g/mol. The first-order valence-corrected chi connectivity index (χ1v) is 16.4. The molecular formula is C32H35N3O6S. The predicted molar refractivity (Wildman–Crippen MR) is 162 cm³/mol. The van der Waals surface area contributed by atoms with Crippen molar-refractivity contribution in [2.45, 2.75) is 45.1 Å². The summed E-state index contributed by atoms with van der Waals surface area (Å²) < 4.78 is 43.3. The van der Waals surface area contributed by atoms with E-state index >= 15 is 0 Å². The number of ether oxygens (including phenoxy) is 3. The summed E-state index contributed by atoms with van der Waals surface area (Å²) in [7, 11) is -3.04. The SMILES string of the molecule is CCc1nc2c(OCCCS(C)(=O)=O)cccc2n1-c1cccc2c1OCC2Nc1ccc2c(c1)OCC2CC(C)=O. The van der Waals surface area contributed by atoms with Crippen molar-refractivity contribution < 1.29 is 27.4 Å². The van der Waals surface area contributed by atoms with Crippen LogP contribution in [0.25, 0.3) is 16.7 Å². The molecule has 1 aromatic heterocycles. The maximum atomic E-state index is 11.6. The Bertz CT molecular complexity index is 1760. The number of benzene rings is 3. The quantitative estimate of drug-likeness (QED) is 0.232. The molecule has 9 nitrogen and oxygen atoms in total. The van der Waals surface area contributed by atoms with Crippen molar-refractivity contribution in [2.24, 2.45) is 0 Å². The molecule has 0 spiro atoms. The van der Waals surface area contributed by atoms with Gasteiger partial charge in [-0.2, -0.15) is 0 Å². The van der Waals surface area contributed by atoms with Gasteiger partial charge in [0.2, 0.25) is 0 Å². The van der Waals surface area contributed by atoms with Crippen LogP contribution in [-0.2, 0) is 21.1 Å². The Labute approximate surface area is 245 Å². The lowest BCUT2D eigenvalue weighted by atomic mass is 9.96. The van der Waals surface area contributed by atoms with Gasteiger partial charge >= 0.3 is 0 Å². The van der Waals surface area contributed by atoms with Gasteiger partial charge in [-0.05, 0) is 37.6 Å². The summed E-state index contributed by atoms with van der Waals surface area (Å²) in [5.41, 5.74) is 5.62. The fraction of sp³-hybridized carbons (Fsp3) is 0.375. The Morgan fingerprint density at radius 3 is 2.71 bits per heavy atom. The van der Waals surface area contributed by atoms with Gasteiger partial charge in [0.15, 0.2) is 0 Å². The Hall–Kier alpha value is -4.05. The van der Waals surface area contributed by atoms with Gasteiger partial charge in [-0.25, -0.2) is 13.4 Å². The average Bonchev–Trinajstić information content (AvgIpc) is 3.66. The van der Waals surface area contributed by atoms with Gasteiger partial charge in [0.05, 0.1) is 36.2 Å². The van der Waals surface area contributed by atoms with Gasteiger partial charge in [-0.1, -0.05) is 31.2 Å². The Kier molecular flexibility index (Phi) is 7.57. The number of rotatable bonds is 11. The van der Waals surface area contributed by atoms with Crippen LogP contribution in [0.3, 0.4) is 0 Å². The molecule has 1 N–H and O–H groups in total. The van der Waals surface area contributed by atoms with Crippen molar-refractivity contribution in [3.8, 4) is 22.9 Å². The van der Waals surface area contributed by atoms with Crippen LogP contribution in [0.5, 0.6) is 17.2 Å². The second-order valence-corrected chi connectivity index (χ2v) is 13.3. The number of carbonyl (C=O) groups excluding carboxylic acids is 1. The molecule has 0 bridgehead atoms. The van der Waals surface area contributed by atoms with Gasteiger partial charge in [0, 0.05) is 47.9 Å². The summed E-state index contributed by atoms with van der Waals surface area (Å²) in [6.07, 6.45) is 2.84. The van der Waals surface area contributed by atoms with Crippen molar-refractivity contribution in [2.75, 3.05) is 37.1 Å². The fourth-order valence-corrected chi connectivity index (χ4v) is 6.50. The minimum atomic E-state index is -3.04. The first-order chi connectivity index (χ1) is 20.2. The third-order valence-electron chi connectivity index (χ3n) is 7.75. The molecule has 3 aromatic carbocycles. The zero-order chi connectivity index (χ0) is 29.4. The fourth-order valence-electron chi connectivity index (χ4n) is 5.86. The topological polar surface area (TPSA) is 109 Å². The predicted octanol–water partition coefficient (Wildman–Crippen LogP) is 5.40. The highest BCUT2D eigenvalue weighted by molar-refractivity contribution is 7.90. The maximum absolute atomic E-state index is 11.6. The molecule has 0 fully saturated rings. The lowest BCUT2D eigenvalue weighted by Crippen LogP contribution is -2.11. The molecular weight excluding hydrogens is 554 g/mol. The van der Waals surface area contributed by atoms with Gasteiger partial charge in [-0.3, -0.25) is 4.57 Å². The molecule has 220 valence electrons. The molecule has 0 amide bonds. The molecule has 42 heavy (non-hydrogen) atoms. The second kappa shape index (κ2) is 11.3. The number of nitrogens with zero attached hydrogens (tertiary/aromatic N) is 2. The van der Waals surface area contributed by atoms with Crippen LogP contribution in [0.4, 0.5) is 5.69 Å². The summed E-state index contributed by atoms with van der Waals surface area (Å²) in [6, 6.07) is 18.0. The lowest BCUT2D eigenvalue weighted by molar-refractivity contribution is -0.117. The van der Waals surface area contributed by atoms with Gasteiger partial charge in [0.1, 0.15) is 50.8 Å². The number of anilines is 1. The Morgan fingerprint density at radius 2 is 1.93 bits per heavy atom. The zero-order valence-electron chi connectivity index (χ0n) is 24.1. The second-order valence-electron chi connectivity index (χ2n) is 11.0. The van der Waals surface area contributed by atoms with Crippen LogP contribution in [0.15, 0.2) is 54.6 Å². The molecule has 6 rings (SSSR count). The molecule has 0 radical (unpaired) electrons. The van der Waals surface area contributed by atoms with E-state index in [2.05, 4.69) is 28.9 Å². The third kappa shape index (κ3) is 5.55. The highest BCUT2D eigenvalue weighted by Gasteiger charge is 2.30. The van der Waals surface area contributed by atoms with E-state index in [1.807, 2.05) is 42.5 Å². The van der Waals surface area contributed by atoms with Crippen LogP contribution in [0.1, 0.15) is 55.6 Å². The van der Waals surface area contributed by atoms with Gasteiger partial charge in [-0.15, -0.1) is 0 Å². The number of ketones is 1. The number of para-hydroxylation sites is 2. The normalized spacial score (nSPS) is 17.4. The Balaban J connectivity index is 1.27. The van der Waals surface area contributed by atoms with E-state index in [4.69, 9.17) is 19.2 Å². The summed E-state index contributed by atoms with van der Waals surface area (Å²) in [5.74, 6) is 3.50. The number of sulfone groups is 1. The van der Waals surface area contributed by atoms with Gasteiger partial charge < -0.3 is 24.3 Å². The van der Waals surface area contributed by atoms with E-state index in [1.165, 1.54) is 6.26 Å². The molecule has 4 aromatic rings. The average molecular weight is 590 g/mol. The number of carbonyl (C=O) groups is 1. The van der Waals surface area contributed by atoms with Crippen LogP contribution in [0, 0.1) is 0 Å². The number of fused-ring (bicyclic) bond motifs is 3. The summed E-state index contributed by atoms with van der Waals surface area (Å²) >= 11 is 0. The van der Waals surface area contributed by atoms with Crippen LogP contribution in [0.2, 0.25) is 0 Å². The molecule has 0 saturated carbocycles. The molecule has 2 aliphatic rings. The zero-order valence-corrected chi connectivity index (χ0v) is 24.9. The van der Waals surface area contributed by atoms with Crippen molar-refractivity contribution in [1.82, 2.24) is 9.55 Å². The minimum absolute atomic E-state index is 0.0546. The van der Waals surface area contributed by atoms with Crippen LogP contribution < -0.4 is 19.5 Å². The number of nitrogens with one attached hydrogen (secondary N) is 1. The highest BCUT2D eigenvalue weighted by atomic mass is 32.2. The lowest BCUT2D eigenvalue weighted by Gasteiger charge is -2.15. The van der Waals surface area contributed by atoms with Crippen molar-refractivity contribution in [3.05, 3.63) is 71.5 Å². The number of imidazole rings is 1. The molecule has 2 unspecified atom stereocenters. The standard InChI is InChI=1S/C32H35N3O6S/c1-4-30-34-31-26(9-6-11-28(31)39-14-7-15-42(3,37)38)35(30)27-10-5-8-24-25(19-41-32(24)27)33-22-12-13-23-21(16-20(2)36)18-40-29(23)17-22/h5-6,8-13,17,21,25,33H,4,7,14-16,18-19H2,1-3H3. The Morgan fingerprint density at radius 1 is 1.10 bits per heavy atom. The molecule has 2 atom stereocenters. The van der Waals surface area contributed by atoms with E-state index in [0.29, 0.717) is 44.8 Å². The number of aryl methyl sites for hydroxylation is 1. The van der Waals surface area contributed by atoms with E-state index in [-0.39, 0.29) is 23.5 Å². The molecule has 3 heterocycles. The number of Topliss-reactive ketones (excluding diaryl/α,β-unsaturated/α-hetero) is 1. The first kappa shape index (κ1) is 28.1. The van der Waals surface area contributed by atoms with Crippen molar-refractivity contribution >= 4 is 32.3 Å². The first-order valence-electron chi connectivity index (χ1n) is 14.3. The molecule has 0 aliphatic carbocycles. The molecule has 10 heteroatoms. The number of hydrogen-bond acceptors (Lipinski definition) is 8. The molecule has 2 aliphatic heterocycles.